The molecule has 0 spiro atoms. The minimum Gasteiger partial charge on any atom is -0.394 e. The van der Waals surface area contributed by atoms with Gasteiger partial charge in [-0.1, -0.05) is 282 Å². The van der Waals surface area contributed by atoms with E-state index in [1.165, 1.54) is 238 Å². The Labute approximate surface area is 443 Å². The standard InChI is InChI=1S/C62H119NO9/c1-3-5-7-9-11-13-15-17-18-19-20-21-22-23-24-25-26-27-28-29-30-31-32-33-34-35-36-37-39-41-43-45-47-49-51-56(66)61(70)63-54(53-71-62-60(69)59(68)58(67)57(52-64)72-62)55(65)50-48-46-44-42-40-38-16-14-12-10-8-6-4-2/h25-26,48,50,54-60,62,64-69H,3-24,27-47,49,51-53H2,1-2H3,(H,63,70)/b26-25-,50-48+. The summed E-state index contributed by atoms with van der Waals surface area (Å²) in [7, 11) is 0. The van der Waals surface area contributed by atoms with Crippen molar-refractivity contribution in [1.29, 1.82) is 0 Å². The fourth-order valence-electron chi connectivity index (χ4n) is 10.1. The molecule has 72 heavy (non-hydrogen) atoms. The predicted octanol–water partition coefficient (Wildman–Crippen LogP) is 14.7. The highest BCUT2D eigenvalue weighted by molar-refractivity contribution is 5.80. The van der Waals surface area contributed by atoms with E-state index in [0.717, 1.165) is 44.9 Å². The highest BCUT2D eigenvalue weighted by Gasteiger charge is 2.44. The lowest BCUT2D eigenvalue weighted by molar-refractivity contribution is -0.302. The zero-order valence-corrected chi connectivity index (χ0v) is 47.1. The molecule has 1 amide bonds. The number of rotatable bonds is 54. The highest BCUT2D eigenvalue weighted by atomic mass is 16.7. The molecule has 0 bridgehead atoms. The number of unbranched alkanes of at least 4 members (excludes halogenated alkanes) is 41. The third-order valence-corrected chi connectivity index (χ3v) is 15.1. The molecule has 10 heteroatoms. The van der Waals surface area contributed by atoms with E-state index in [9.17, 15) is 35.4 Å². The Morgan fingerprint density at radius 1 is 0.472 bits per heavy atom. The van der Waals surface area contributed by atoms with Gasteiger partial charge in [-0.3, -0.25) is 4.79 Å². The molecule has 0 aliphatic carbocycles. The van der Waals surface area contributed by atoms with Gasteiger partial charge in [0.05, 0.1) is 25.4 Å². The van der Waals surface area contributed by atoms with Crippen molar-refractivity contribution >= 4 is 5.91 Å². The maximum atomic E-state index is 13.1. The lowest BCUT2D eigenvalue weighted by atomic mass is 9.99. The molecule has 10 nitrogen and oxygen atoms in total. The number of aliphatic hydroxyl groups is 6. The monoisotopic (exact) mass is 1020 g/mol. The summed E-state index contributed by atoms with van der Waals surface area (Å²) in [6.45, 7) is 3.64. The van der Waals surface area contributed by atoms with Gasteiger partial charge in [-0.15, -0.1) is 0 Å². The van der Waals surface area contributed by atoms with Gasteiger partial charge in [0.1, 0.15) is 30.5 Å². The number of ether oxygens (including phenoxy) is 2. The highest BCUT2D eigenvalue weighted by Crippen LogP contribution is 2.23. The lowest BCUT2D eigenvalue weighted by Gasteiger charge is -2.40. The maximum Gasteiger partial charge on any atom is 0.249 e. The molecule has 0 aromatic rings. The number of carbonyl (C=O) groups is 1. The topological polar surface area (TPSA) is 169 Å². The molecule has 7 N–H and O–H groups in total. The van der Waals surface area contributed by atoms with Gasteiger partial charge in [-0.2, -0.15) is 0 Å². The van der Waals surface area contributed by atoms with Crippen LogP contribution in [0.5, 0.6) is 0 Å². The molecule has 0 saturated carbocycles. The predicted molar refractivity (Wildman–Crippen MR) is 301 cm³/mol. The summed E-state index contributed by atoms with van der Waals surface area (Å²) in [5.41, 5.74) is 0. The van der Waals surface area contributed by atoms with Gasteiger partial charge in [-0.25, -0.2) is 0 Å². The van der Waals surface area contributed by atoms with E-state index in [2.05, 4.69) is 31.3 Å². The quantitative estimate of drug-likeness (QED) is 0.0232. The summed E-state index contributed by atoms with van der Waals surface area (Å²) in [5.74, 6) is -0.612. The summed E-state index contributed by atoms with van der Waals surface area (Å²) in [4.78, 5) is 13.1. The van der Waals surface area contributed by atoms with Crippen LogP contribution in [-0.4, -0.2) is 98.7 Å². The maximum absolute atomic E-state index is 13.1. The average molecular weight is 1020 g/mol. The Morgan fingerprint density at radius 3 is 1.17 bits per heavy atom. The van der Waals surface area contributed by atoms with Crippen molar-refractivity contribution in [3.8, 4) is 0 Å². The molecule has 1 rings (SSSR count). The molecule has 1 heterocycles. The van der Waals surface area contributed by atoms with Crippen LogP contribution in [0.1, 0.15) is 303 Å². The van der Waals surface area contributed by atoms with Crippen LogP contribution in [0, 0.1) is 0 Å². The van der Waals surface area contributed by atoms with Crippen LogP contribution < -0.4 is 5.32 Å². The summed E-state index contributed by atoms with van der Waals surface area (Å²) in [6.07, 6.45) is 56.0. The number of nitrogens with one attached hydrogen (secondary N) is 1. The van der Waals surface area contributed by atoms with Gasteiger partial charge in [0, 0.05) is 0 Å². The summed E-state index contributed by atoms with van der Waals surface area (Å²) in [5, 5.41) is 65.0. The van der Waals surface area contributed by atoms with E-state index in [0.29, 0.717) is 6.42 Å². The van der Waals surface area contributed by atoms with Crippen molar-refractivity contribution in [2.24, 2.45) is 0 Å². The number of carbonyl (C=O) groups excluding carboxylic acids is 1. The fraction of sp³-hybridized carbons (Fsp3) is 0.919. The minimum atomic E-state index is -1.61. The zero-order valence-electron chi connectivity index (χ0n) is 47.1. The Morgan fingerprint density at radius 2 is 0.806 bits per heavy atom. The summed E-state index contributed by atoms with van der Waals surface area (Å²) >= 11 is 0. The number of allylic oxidation sites excluding steroid dienone is 3. The first kappa shape index (κ1) is 68.6. The van der Waals surface area contributed by atoms with Gasteiger partial charge < -0.3 is 45.4 Å². The number of hydrogen-bond acceptors (Lipinski definition) is 9. The minimum absolute atomic E-state index is 0.302. The van der Waals surface area contributed by atoms with E-state index in [-0.39, 0.29) is 6.61 Å². The van der Waals surface area contributed by atoms with Gasteiger partial charge in [0.15, 0.2) is 6.29 Å². The molecule has 1 fully saturated rings. The SMILES string of the molecule is CCCCCCCCCCCCC/C=C/C(O)C(COC1OC(CO)C(O)C(O)C1O)NC(=O)C(O)CCCCCCCCCCCCCCCCCC/C=C\CCCCCCCCCCCCCCCC. The molecule has 8 atom stereocenters. The van der Waals surface area contributed by atoms with Gasteiger partial charge in [0.2, 0.25) is 5.91 Å². The first-order chi connectivity index (χ1) is 35.3. The number of aliphatic hydroxyl groups excluding tert-OH is 6. The third-order valence-electron chi connectivity index (χ3n) is 15.1. The fourth-order valence-corrected chi connectivity index (χ4v) is 10.1. The molecular formula is C62H119NO9. The van der Waals surface area contributed by atoms with E-state index in [4.69, 9.17) is 9.47 Å². The largest absolute Gasteiger partial charge is 0.394 e. The molecule has 1 aliphatic rings. The molecule has 1 aliphatic heterocycles. The second kappa shape index (κ2) is 51.7. The van der Waals surface area contributed by atoms with Crippen molar-refractivity contribution in [1.82, 2.24) is 5.32 Å². The van der Waals surface area contributed by atoms with Crippen LogP contribution in [0.15, 0.2) is 24.3 Å². The first-order valence-corrected chi connectivity index (χ1v) is 31.2. The van der Waals surface area contributed by atoms with Crippen LogP contribution in [0.4, 0.5) is 0 Å². The molecule has 426 valence electrons. The van der Waals surface area contributed by atoms with Crippen molar-refractivity contribution in [2.75, 3.05) is 13.2 Å². The summed E-state index contributed by atoms with van der Waals surface area (Å²) < 4.78 is 11.2. The van der Waals surface area contributed by atoms with Crippen molar-refractivity contribution in [3.05, 3.63) is 24.3 Å². The van der Waals surface area contributed by atoms with E-state index in [1.54, 1.807) is 6.08 Å². The molecule has 0 aromatic carbocycles. The van der Waals surface area contributed by atoms with Gasteiger partial charge in [0.25, 0.3) is 0 Å². The normalized spacial score (nSPS) is 19.7. The zero-order chi connectivity index (χ0) is 52.4. The van der Waals surface area contributed by atoms with Crippen molar-refractivity contribution in [2.45, 2.75) is 352 Å². The molecule has 8 unspecified atom stereocenters. The lowest BCUT2D eigenvalue weighted by Crippen LogP contribution is -2.60. The van der Waals surface area contributed by atoms with Crippen LogP contribution in [-0.2, 0) is 14.3 Å². The Bertz CT molecular complexity index is 1200. The van der Waals surface area contributed by atoms with Crippen LogP contribution >= 0.6 is 0 Å². The average Bonchev–Trinajstić information content (AvgIpc) is 3.38. The molecule has 1 saturated heterocycles. The van der Waals surface area contributed by atoms with E-state index >= 15 is 0 Å². The van der Waals surface area contributed by atoms with Crippen molar-refractivity contribution < 1.29 is 44.9 Å². The Kier molecular flexibility index (Phi) is 49.3. The molecular weight excluding hydrogens is 903 g/mol. The van der Waals surface area contributed by atoms with Crippen LogP contribution in [0.2, 0.25) is 0 Å². The second-order valence-corrected chi connectivity index (χ2v) is 22.0. The smallest absolute Gasteiger partial charge is 0.249 e. The Hall–Kier alpha value is -1.37. The van der Waals surface area contributed by atoms with Gasteiger partial charge >= 0.3 is 0 Å². The van der Waals surface area contributed by atoms with Crippen LogP contribution in [0.25, 0.3) is 0 Å². The van der Waals surface area contributed by atoms with E-state index in [1.807, 2.05) is 6.08 Å². The molecule has 0 aromatic heterocycles. The van der Waals surface area contributed by atoms with Crippen molar-refractivity contribution in [3.63, 3.8) is 0 Å². The van der Waals surface area contributed by atoms with Gasteiger partial charge in [-0.05, 0) is 44.9 Å². The number of amides is 1. The number of hydrogen-bond donors (Lipinski definition) is 7. The third kappa shape index (κ3) is 40.0. The Balaban J connectivity index is 2.11. The first-order valence-electron chi connectivity index (χ1n) is 31.2. The summed E-state index contributed by atoms with van der Waals surface area (Å²) in [6, 6.07) is -0.978. The molecule has 0 radical (unpaired) electrons. The second-order valence-electron chi connectivity index (χ2n) is 22.0. The van der Waals surface area contributed by atoms with E-state index < -0.39 is 61.5 Å². The van der Waals surface area contributed by atoms with Crippen LogP contribution in [0.3, 0.4) is 0 Å².